The van der Waals surface area contributed by atoms with Crippen LogP contribution in [0, 0.1) is 11.3 Å². The molecule has 1 aromatic heterocycles. The quantitative estimate of drug-likeness (QED) is 0.860. The second-order valence-corrected chi connectivity index (χ2v) is 7.40. The Morgan fingerprint density at radius 2 is 2.17 bits per heavy atom. The first-order valence-electron chi connectivity index (χ1n) is 8.67. The summed E-state index contributed by atoms with van der Waals surface area (Å²) in [7, 11) is 0. The number of nitrogens with one attached hydrogen (secondary N) is 1. The van der Waals surface area contributed by atoms with Crippen molar-refractivity contribution in [1.82, 2.24) is 14.7 Å². The van der Waals surface area contributed by atoms with Crippen LogP contribution in [-0.2, 0) is 9.59 Å². The standard InChI is InChI=1S/C17H26N4O3/c1-11(2)21-14(6-8-18-21)19-15(22)12(3)20-9-13-5-4-7-17(13,10-20)16(23)24/h6,8,11-13H,4-5,7,9-10H2,1-3H3,(H,19,22)(H,23,24)/t12?,13-,17+/m0/s1. The molecule has 2 N–H and O–H groups in total. The number of aliphatic carboxylic acids is 1. The molecule has 1 saturated carbocycles. The summed E-state index contributed by atoms with van der Waals surface area (Å²) in [6.07, 6.45) is 4.30. The van der Waals surface area contributed by atoms with Gasteiger partial charge in [0.15, 0.2) is 0 Å². The molecule has 1 aliphatic carbocycles. The van der Waals surface area contributed by atoms with Crippen molar-refractivity contribution in [2.24, 2.45) is 11.3 Å². The molecular weight excluding hydrogens is 308 g/mol. The number of anilines is 1. The Labute approximate surface area is 142 Å². The van der Waals surface area contributed by atoms with Crippen LogP contribution in [0.15, 0.2) is 12.3 Å². The Morgan fingerprint density at radius 3 is 2.79 bits per heavy atom. The van der Waals surface area contributed by atoms with E-state index in [-0.39, 0.29) is 23.9 Å². The molecule has 0 spiro atoms. The van der Waals surface area contributed by atoms with Gasteiger partial charge in [0.1, 0.15) is 5.82 Å². The van der Waals surface area contributed by atoms with Crippen molar-refractivity contribution in [3.05, 3.63) is 12.3 Å². The van der Waals surface area contributed by atoms with Crippen molar-refractivity contribution in [3.63, 3.8) is 0 Å². The molecule has 1 amide bonds. The lowest BCUT2D eigenvalue weighted by molar-refractivity contribution is -0.149. The number of carbonyl (C=O) groups is 2. The third-order valence-electron chi connectivity index (χ3n) is 5.66. The molecule has 3 rings (SSSR count). The van der Waals surface area contributed by atoms with Gasteiger partial charge in [0.25, 0.3) is 0 Å². The van der Waals surface area contributed by atoms with Gasteiger partial charge in [-0.05, 0) is 39.5 Å². The summed E-state index contributed by atoms with van der Waals surface area (Å²) in [4.78, 5) is 26.4. The molecule has 2 fully saturated rings. The van der Waals surface area contributed by atoms with Crippen LogP contribution in [0.3, 0.4) is 0 Å². The number of carbonyl (C=O) groups excluding carboxylic acids is 1. The van der Waals surface area contributed by atoms with Gasteiger partial charge in [-0.25, -0.2) is 4.68 Å². The highest BCUT2D eigenvalue weighted by atomic mass is 16.4. The highest BCUT2D eigenvalue weighted by Gasteiger charge is 2.55. The number of rotatable bonds is 5. The molecule has 2 heterocycles. The van der Waals surface area contributed by atoms with Crippen molar-refractivity contribution in [2.75, 3.05) is 18.4 Å². The van der Waals surface area contributed by atoms with E-state index in [1.165, 1.54) is 0 Å². The van der Waals surface area contributed by atoms with Crippen molar-refractivity contribution < 1.29 is 14.7 Å². The smallest absolute Gasteiger partial charge is 0.311 e. The van der Waals surface area contributed by atoms with E-state index in [9.17, 15) is 14.7 Å². The van der Waals surface area contributed by atoms with Gasteiger partial charge in [-0.3, -0.25) is 14.5 Å². The number of hydrogen-bond donors (Lipinski definition) is 2. The predicted molar refractivity (Wildman–Crippen MR) is 89.7 cm³/mol. The molecule has 0 bridgehead atoms. The van der Waals surface area contributed by atoms with Crippen LogP contribution in [-0.4, -0.2) is 50.8 Å². The zero-order valence-corrected chi connectivity index (χ0v) is 14.5. The van der Waals surface area contributed by atoms with Crippen LogP contribution in [0.1, 0.15) is 46.1 Å². The summed E-state index contributed by atoms with van der Waals surface area (Å²) in [6, 6.07) is 1.58. The molecular formula is C17H26N4O3. The molecule has 1 saturated heterocycles. The monoisotopic (exact) mass is 334 g/mol. The number of hydrogen-bond acceptors (Lipinski definition) is 4. The first kappa shape index (κ1) is 17.0. The zero-order valence-electron chi connectivity index (χ0n) is 14.5. The molecule has 132 valence electrons. The maximum absolute atomic E-state index is 12.6. The summed E-state index contributed by atoms with van der Waals surface area (Å²) < 4.78 is 1.77. The molecule has 2 aliphatic rings. The van der Waals surface area contributed by atoms with Gasteiger partial charge in [0.2, 0.25) is 5.91 Å². The molecule has 0 aromatic carbocycles. The third kappa shape index (κ3) is 2.70. The number of likely N-dealkylation sites (tertiary alicyclic amines) is 1. The van der Waals surface area contributed by atoms with Crippen LogP contribution in [0.5, 0.6) is 0 Å². The molecule has 0 radical (unpaired) electrons. The molecule has 7 heteroatoms. The van der Waals surface area contributed by atoms with Gasteiger partial charge in [-0.2, -0.15) is 5.10 Å². The average molecular weight is 334 g/mol. The number of aromatic nitrogens is 2. The van der Waals surface area contributed by atoms with Gasteiger partial charge in [-0.15, -0.1) is 0 Å². The van der Waals surface area contributed by atoms with Gasteiger partial charge >= 0.3 is 5.97 Å². The second-order valence-electron chi connectivity index (χ2n) is 7.40. The van der Waals surface area contributed by atoms with Gasteiger partial charge < -0.3 is 10.4 Å². The zero-order chi connectivity index (χ0) is 17.5. The van der Waals surface area contributed by atoms with Crippen LogP contribution < -0.4 is 5.32 Å². The van der Waals surface area contributed by atoms with Crippen molar-refractivity contribution in [3.8, 4) is 0 Å². The number of amides is 1. The Balaban J connectivity index is 1.69. The number of nitrogens with zero attached hydrogens (tertiary/aromatic N) is 3. The summed E-state index contributed by atoms with van der Waals surface area (Å²) in [5.74, 6) is 0.0107. The van der Waals surface area contributed by atoms with Crippen molar-refractivity contribution in [2.45, 2.75) is 52.1 Å². The fourth-order valence-corrected chi connectivity index (χ4v) is 4.19. The number of carboxylic acids is 1. The maximum Gasteiger partial charge on any atom is 0.311 e. The summed E-state index contributed by atoms with van der Waals surface area (Å²) in [5, 5.41) is 16.8. The minimum atomic E-state index is -0.710. The van der Waals surface area contributed by atoms with Crippen LogP contribution >= 0.6 is 0 Å². The maximum atomic E-state index is 12.6. The van der Waals surface area contributed by atoms with E-state index in [0.29, 0.717) is 18.9 Å². The molecule has 3 atom stereocenters. The minimum Gasteiger partial charge on any atom is -0.481 e. The van der Waals surface area contributed by atoms with Crippen LogP contribution in [0.4, 0.5) is 5.82 Å². The lowest BCUT2D eigenvalue weighted by Gasteiger charge is -2.26. The van der Waals surface area contributed by atoms with E-state index in [2.05, 4.69) is 10.4 Å². The largest absolute Gasteiger partial charge is 0.481 e. The second kappa shape index (κ2) is 6.20. The Kier molecular flexibility index (Phi) is 4.38. The highest BCUT2D eigenvalue weighted by Crippen LogP contribution is 2.49. The number of fused-ring (bicyclic) bond motifs is 1. The Morgan fingerprint density at radius 1 is 1.42 bits per heavy atom. The Hall–Kier alpha value is -1.89. The molecule has 1 aliphatic heterocycles. The van der Waals surface area contributed by atoms with E-state index in [4.69, 9.17) is 0 Å². The van der Waals surface area contributed by atoms with Gasteiger partial charge in [0.05, 0.1) is 17.7 Å². The fraction of sp³-hybridized carbons (Fsp3) is 0.706. The summed E-state index contributed by atoms with van der Waals surface area (Å²) >= 11 is 0. The molecule has 1 unspecified atom stereocenters. The molecule has 7 nitrogen and oxygen atoms in total. The lowest BCUT2D eigenvalue weighted by atomic mass is 9.81. The topological polar surface area (TPSA) is 87.5 Å². The van der Waals surface area contributed by atoms with Gasteiger partial charge in [-0.1, -0.05) is 6.42 Å². The average Bonchev–Trinajstić information content (AvgIpc) is 3.19. The normalized spacial score (nSPS) is 28.1. The van der Waals surface area contributed by atoms with Gasteiger partial charge in [0, 0.05) is 25.2 Å². The van der Waals surface area contributed by atoms with E-state index in [1.807, 2.05) is 25.7 Å². The van der Waals surface area contributed by atoms with E-state index >= 15 is 0 Å². The third-order valence-corrected chi connectivity index (χ3v) is 5.66. The van der Waals surface area contributed by atoms with E-state index in [1.54, 1.807) is 16.9 Å². The summed E-state index contributed by atoms with van der Waals surface area (Å²) in [5.41, 5.74) is -0.658. The van der Waals surface area contributed by atoms with Crippen LogP contribution in [0.25, 0.3) is 0 Å². The predicted octanol–water partition coefficient (Wildman–Crippen LogP) is 1.98. The molecule has 24 heavy (non-hydrogen) atoms. The minimum absolute atomic E-state index is 0.113. The fourth-order valence-electron chi connectivity index (χ4n) is 4.19. The van der Waals surface area contributed by atoms with Crippen molar-refractivity contribution in [1.29, 1.82) is 0 Å². The SMILES string of the molecule is CC(C(=O)Nc1ccnn1C(C)C)N1C[C@@H]2CCC[C@@]2(C(=O)O)C1. The highest BCUT2D eigenvalue weighted by molar-refractivity contribution is 5.94. The summed E-state index contributed by atoms with van der Waals surface area (Å²) in [6.45, 7) is 7.01. The van der Waals surface area contributed by atoms with Crippen LogP contribution in [0.2, 0.25) is 0 Å². The lowest BCUT2D eigenvalue weighted by Crippen LogP contribution is -2.43. The first-order chi connectivity index (χ1) is 11.3. The van der Waals surface area contributed by atoms with E-state index in [0.717, 1.165) is 19.3 Å². The van der Waals surface area contributed by atoms with E-state index < -0.39 is 11.4 Å². The first-order valence-corrected chi connectivity index (χ1v) is 8.67. The molecule has 1 aromatic rings. The number of carboxylic acid groups (broad SMARTS) is 1. The van der Waals surface area contributed by atoms with Crippen molar-refractivity contribution >= 4 is 17.7 Å². The Bertz CT molecular complexity index is 642.